The highest BCUT2D eigenvalue weighted by atomic mass is 32.1. The summed E-state index contributed by atoms with van der Waals surface area (Å²) < 4.78 is 25.9. The Morgan fingerprint density at radius 2 is 1.88 bits per heavy atom. The van der Waals surface area contributed by atoms with Gasteiger partial charge in [-0.25, -0.2) is 9.37 Å². The van der Waals surface area contributed by atoms with E-state index in [0.29, 0.717) is 35.7 Å². The number of carbonyl (C=O) groups is 1. The van der Waals surface area contributed by atoms with Crippen molar-refractivity contribution in [1.82, 2.24) is 15.2 Å². The van der Waals surface area contributed by atoms with Gasteiger partial charge in [-0.3, -0.25) is 9.69 Å². The van der Waals surface area contributed by atoms with Crippen LogP contribution in [0.2, 0.25) is 0 Å². The van der Waals surface area contributed by atoms with Crippen LogP contribution in [0.25, 0.3) is 10.2 Å². The van der Waals surface area contributed by atoms with E-state index in [1.807, 2.05) is 24.3 Å². The molecule has 0 saturated carbocycles. The van der Waals surface area contributed by atoms with Crippen molar-refractivity contribution >= 4 is 27.5 Å². The second-order valence-electron chi connectivity index (χ2n) is 8.51. The van der Waals surface area contributed by atoms with Gasteiger partial charge in [0.15, 0.2) is 0 Å². The van der Waals surface area contributed by atoms with Gasteiger partial charge in [0.05, 0.1) is 10.2 Å². The molecule has 2 aromatic carbocycles. The molecule has 3 heterocycles. The lowest BCUT2D eigenvalue weighted by Gasteiger charge is -2.39. The lowest BCUT2D eigenvalue weighted by atomic mass is 9.97. The van der Waals surface area contributed by atoms with E-state index in [-0.39, 0.29) is 11.7 Å². The van der Waals surface area contributed by atoms with Crippen LogP contribution in [-0.2, 0) is 4.79 Å². The van der Waals surface area contributed by atoms with Crippen LogP contribution >= 0.6 is 11.3 Å². The third kappa shape index (κ3) is 4.71. The van der Waals surface area contributed by atoms with Crippen molar-refractivity contribution in [1.29, 1.82) is 0 Å². The number of aromatic nitrogens is 1. The molecule has 168 valence electrons. The lowest BCUT2D eigenvalue weighted by molar-refractivity contribution is -0.120. The van der Waals surface area contributed by atoms with Gasteiger partial charge in [0.2, 0.25) is 5.91 Å². The second-order valence-corrected chi connectivity index (χ2v) is 9.50. The lowest BCUT2D eigenvalue weighted by Crippen LogP contribution is -2.51. The number of nitrogens with zero attached hydrogens (tertiary/aromatic N) is 2. The normalized spacial score (nSPS) is 22.8. The predicted octanol–water partition coefficient (Wildman–Crippen LogP) is 4.74. The average Bonchev–Trinajstić information content (AvgIpc) is 3.25. The highest BCUT2D eigenvalue weighted by Crippen LogP contribution is 2.36. The standard InChI is InChI=1S/C24H26FN3O3S/c1-15(29)26-17-13-18-3-4-19(14-17)28(18)10-11-30-20-5-7-21(8-6-20)31-24-27-22-9-2-16(25)12-23(22)32-24/h2,5-9,12,17-19H,3-4,10-11,13-14H2,1H3,(H,26,29)/t17?,18-,19+. The van der Waals surface area contributed by atoms with Crippen LogP contribution in [0.5, 0.6) is 16.7 Å². The van der Waals surface area contributed by atoms with Crippen molar-refractivity contribution in [2.75, 3.05) is 13.2 Å². The number of nitrogens with one attached hydrogen (secondary N) is 1. The summed E-state index contributed by atoms with van der Waals surface area (Å²) in [4.78, 5) is 18.3. The fourth-order valence-corrected chi connectivity index (χ4v) is 5.80. The summed E-state index contributed by atoms with van der Waals surface area (Å²) in [6.45, 7) is 3.11. The van der Waals surface area contributed by atoms with Crippen LogP contribution in [0.3, 0.4) is 0 Å². The molecule has 1 amide bonds. The smallest absolute Gasteiger partial charge is 0.279 e. The minimum Gasteiger partial charge on any atom is -0.492 e. The number of halogens is 1. The third-order valence-corrected chi connectivity index (χ3v) is 7.17. The van der Waals surface area contributed by atoms with Gasteiger partial charge in [-0.05, 0) is 68.1 Å². The van der Waals surface area contributed by atoms with Crippen LogP contribution < -0.4 is 14.8 Å². The van der Waals surface area contributed by atoms with E-state index in [0.717, 1.165) is 35.4 Å². The molecule has 2 bridgehead atoms. The van der Waals surface area contributed by atoms with Gasteiger partial charge in [0.1, 0.15) is 23.9 Å². The van der Waals surface area contributed by atoms with Gasteiger partial charge >= 0.3 is 0 Å². The number of ether oxygens (including phenoxy) is 2. The first-order valence-electron chi connectivity index (χ1n) is 11.0. The zero-order chi connectivity index (χ0) is 22.1. The van der Waals surface area contributed by atoms with Crippen LogP contribution in [0, 0.1) is 5.82 Å². The first kappa shape index (κ1) is 21.2. The topological polar surface area (TPSA) is 63.7 Å². The molecular weight excluding hydrogens is 429 g/mol. The molecular formula is C24H26FN3O3S. The van der Waals surface area contributed by atoms with Crippen molar-refractivity contribution in [2.45, 2.75) is 50.7 Å². The maximum Gasteiger partial charge on any atom is 0.279 e. The minimum absolute atomic E-state index is 0.0654. The second kappa shape index (κ2) is 9.03. The number of piperidine rings is 1. The van der Waals surface area contributed by atoms with Gasteiger partial charge in [-0.15, -0.1) is 0 Å². The summed E-state index contributed by atoms with van der Waals surface area (Å²) in [7, 11) is 0. The molecule has 3 aromatic rings. The molecule has 6 nitrogen and oxygen atoms in total. The van der Waals surface area contributed by atoms with Crippen LogP contribution in [-0.4, -0.2) is 47.1 Å². The molecule has 8 heteroatoms. The Balaban J connectivity index is 1.12. The average molecular weight is 456 g/mol. The number of thiazole rings is 1. The summed E-state index contributed by atoms with van der Waals surface area (Å²) >= 11 is 1.32. The number of hydrogen-bond donors (Lipinski definition) is 1. The predicted molar refractivity (Wildman–Crippen MR) is 122 cm³/mol. The van der Waals surface area contributed by atoms with Crippen molar-refractivity contribution in [3.05, 3.63) is 48.3 Å². The number of carbonyl (C=O) groups excluding carboxylic acids is 1. The highest BCUT2D eigenvalue weighted by Gasteiger charge is 2.40. The fraction of sp³-hybridized carbons (Fsp3) is 0.417. The Kier molecular flexibility index (Phi) is 5.97. The molecule has 1 unspecified atom stereocenters. The van der Waals surface area contributed by atoms with E-state index in [1.54, 1.807) is 13.0 Å². The first-order chi connectivity index (χ1) is 15.5. The van der Waals surface area contributed by atoms with Gasteiger partial charge in [-0.2, -0.15) is 0 Å². The van der Waals surface area contributed by atoms with Crippen LogP contribution in [0.4, 0.5) is 4.39 Å². The van der Waals surface area contributed by atoms with Crippen molar-refractivity contribution in [3.63, 3.8) is 0 Å². The molecule has 32 heavy (non-hydrogen) atoms. The maximum absolute atomic E-state index is 13.4. The van der Waals surface area contributed by atoms with E-state index < -0.39 is 0 Å². The van der Waals surface area contributed by atoms with Gasteiger partial charge in [-0.1, -0.05) is 11.3 Å². The molecule has 2 saturated heterocycles. The van der Waals surface area contributed by atoms with Gasteiger partial charge in [0.25, 0.3) is 5.19 Å². The molecule has 0 radical (unpaired) electrons. The minimum atomic E-state index is -0.278. The van der Waals surface area contributed by atoms with E-state index >= 15 is 0 Å². The molecule has 3 atom stereocenters. The Hall–Kier alpha value is -2.71. The van der Waals surface area contributed by atoms with E-state index in [9.17, 15) is 9.18 Å². The largest absolute Gasteiger partial charge is 0.492 e. The molecule has 2 aliphatic heterocycles. The Morgan fingerprint density at radius 3 is 2.59 bits per heavy atom. The van der Waals surface area contributed by atoms with Crippen molar-refractivity contribution < 1.29 is 18.7 Å². The fourth-order valence-electron chi connectivity index (χ4n) is 4.94. The number of hydrogen-bond acceptors (Lipinski definition) is 6. The molecule has 1 aromatic heterocycles. The van der Waals surface area contributed by atoms with Crippen molar-refractivity contribution in [2.24, 2.45) is 0 Å². The number of amides is 1. The monoisotopic (exact) mass is 455 g/mol. The van der Waals surface area contributed by atoms with E-state index in [4.69, 9.17) is 9.47 Å². The molecule has 0 spiro atoms. The Morgan fingerprint density at radius 1 is 1.16 bits per heavy atom. The summed E-state index contributed by atoms with van der Waals surface area (Å²) in [6.07, 6.45) is 4.46. The molecule has 0 aliphatic carbocycles. The Labute approximate surface area is 190 Å². The maximum atomic E-state index is 13.4. The SMILES string of the molecule is CC(=O)NC1C[C@H]2CC[C@@H](C1)N2CCOc1ccc(Oc2nc3ccc(F)cc3s2)cc1. The Bertz CT molecular complexity index is 1090. The third-order valence-electron chi connectivity index (χ3n) is 6.27. The summed E-state index contributed by atoms with van der Waals surface area (Å²) in [5, 5.41) is 3.57. The van der Waals surface area contributed by atoms with Gasteiger partial charge < -0.3 is 14.8 Å². The summed E-state index contributed by atoms with van der Waals surface area (Å²) in [5.41, 5.74) is 0.724. The van der Waals surface area contributed by atoms with Crippen LogP contribution in [0.1, 0.15) is 32.6 Å². The zero-order valence-electron chi connectivity index (χ0n) is 17.9. The number of benzene rings is 2. The summed E-state index contributed by atoms with van der Waals surface area (Å²) in [6, 6.07) is 13.4. The zero-order valence-corrected chi connectivity index (χ0v) is 18.7. The first-order valence-corrected chi connectivity index (χ1v) is 11.8. The van der Waals surface area contributed by atoms with E-state index in [1.165, 1.54) is 36.3 Å². The van der Waals surface area contributed by atoms with Crippen LogP contribution in [0.15, 0.2) is 42.5 Å². The van der Waals surface area contributed by atoms with Gasteiger partial charge in [0, 0.05) is 31.6 Å². The molecule has 2 aliphatic rings. The number of fused-ring (bicyclic) bond motifs is 3. The van der Waals surface area contributed by atoms with E-state index in [2.05, 4.69) is 15.2 Å². The highest BCUT2D eigenvalue weighted by molar-refractivity contribution is 7.20. The summed E-state index contributed by atoms with van der Waals surface area (Å²) in [5.74, 6) is 1.24. The quantitative estimate of drug-likeness (QED) is 0.558. The molecule has 2 fully saturated rings. The van der Waals surface area contributed by atoms with Crippen molar-refractivity contribution in [3.8, 4) is 16.7 Å². The molecule has 5 rings (SSSR count). The molecule has 1 N–H and O–H groups in total. The number of rotatable bonds is 7.